The van der Waals surface area contributed by atoms with E-state index < -0.39 is 0 Å². The molecule has 88 valence electrons. The fourth-order valence-corrected chi connectivity index (χ4v) is 3.46. The normalized spacial score (nSPS) is 26.9. The van der Waals surface area contributed by atoms with Gasteiger partial charge in [-0.15, -0.1) is 0 Å². The molecule has 0 aromatic heterocycles. The highest BCUT2D eigenvalue weighted by atomic mass is 35.5. The third-order valence-corrected chi connectivity index (χ3v) is 4.38. The van der Waals surface area contributed by atoms with Crippen LogP contribution in [0.4, 0.5) is 5.69 Å². The minimum absolute atomic E-state index is 0.719. The van der Waals surface area contributed by atoms with Gasteiger partial charge in [0.2, 0.25) is 0 Å². The van der Waals surface area contributed by atoms with Crippen LogP contribution in [0.1, 0.15) is 24.8 Å². The van der Waals surface area contributed by atoms with Crippen LogP contribution in [0.5, 0.6) is 0 Å². The molecule has 2 unspecified atom stereocenters. The number of fused-ring (bicyclic) bond motifs is 1. The molecule has 2 aliphatic rings. The maximum Gasteiger partial charge on any atom is 0.101 e. The first-order chi connectivity index (χ1) is 8.28. The molecule has 1 saturated carbocycles. The van der Waals surface area contributed by atoms with Gasteiger partial charge in [0.25, 0.3) is 0 Å². The van der Waals surface area contributed by atoms with Crippen LogP contribution in [0.3, 0.4) is 0 Å². The van der Waals surface area contributed by atoms with Crippen molar-refractivity contribution in [1.29, 1.82) is 5.26 Å². The third-order valence-electron chi connectivity index (χ3n) is 4.15. The number of benzene rings is 1. The van der Waals surface area contributed by atoms with Gasteiger partial charge in [-0.2, -0.15) is 5.26 Å². The second-order valence-electron chi connectivity index (χ2n) is 5.13. The summed E-state index contributed by atoms with van der Waals surface area (Å²) >= 11 is 6.04. The summed E-state index contributed by atoms with van der Waals surface area (Å²) in [7, 11) is 0. The Balaban J connectivity index is 1.90. The van der Waals surface area contributed by atoms with Gasteiger partial charge in [-0.05, 0) is 42.9 Å². The number of anilines is 1. The smallest absolute Gasteiger partial charge is 0.101 e. The van der Waals surface area contributed by atoms with E-state index in [1.807, 2.05) is 12.1 Å². The number of hydrogen-bond acceptors (Lipinski definition) is 2. The van der Waals surface area contributed by atoms with E-state index >= 15 is 0 Å². The van der Waals surface area contributed by atoms with Crippen molar-refractivity contribution in [2.24, 2.45) is 11.8 Å². The molecule has 0 bridgehead atoms. The predicted molar refractivity (Wildman–Crippen MR) is 69.2 cm³/mol. The Morgan fingerprint density at radius 2 is 1.94 bits per heavy atom. The standard InChI is InChI=1S/C14H15ClN2/c15-13-5-4-10(7-16)14(6-13)17-8-11-2-1-3-12(11)9-17/h4-6,11-12H,1-3,8-9H2. The minimum Gasteiger partial charge on any atom is -0.370 e. The maximum absolute atomic E-state index is 9.15. The van der Waals surface area contributed by atoms with Gasteiger partial charge < -0.3 is 4.90 Å². The highest BCUT2D eigenvalue weighted by Crippen LogP contribution is 2.40. The largest absolute Gasteiger partial charge is 0.370 e. The molecule has 0 N–H and O–H groups in total. The van der Waals surface area contributed by atoms with Crippen LogP contribution in [0, 0.1) is 23.2 Å². The van der Waals surface area contributed by atoms with Crippen LogP contribution in [0.2, 0.25) is 5.02 Å². The Labute approximate surface area is 107 Å². The molecule has 2 fully saturated rings. The van der Waals surface area contributed by atoms with Crippen molar-refractivity contribution >= 4 is 17.3 Å². The lowest BCUT2D eigenvalue weighted by atomic mass is 10.0. The van der Waals surface area contributed by atoms with E-state index in [1.165, 1.54) is 19.3 Å². The molecule has 2 atom stereocenters. The number of halogens is 1. The Hall–Kier alpha value is -1.20. The zero-order valence-electron chi connectivity index (χ0n) is 9.69. The lowest BCUT2D eigenvalue weighted by Gasteiger charge is -2.21. The van der Waals surface area contributed by atoms with Crippen molar-refractivity contribution < 1.29 is 0 Å². The average molecular weight is 247 g/mol. The van der Waals surface area contributed by atoms with Crippen molar-refractivity contribution in [2.45, 2.75) is 19.3 Å². The summed E-state index contributed by atoms with van der Waals surface area (Å²) < 4.78 is 0. The predicted octanol–water partition coefficient (Wildman–Crippen LogP) is 3.45. The van der Waals surface area contributed by atoms with Crippen molar-refractivity contribution in [2.75, 3.05) is 18.0 Å². The van der Waals surface area contributed by atoms with Gasteiger partial charge in [0.05, 0.1) is 11.3 Å². The van der Waals surface area contributed by atoms with E-state index in [9.17, 15) is 0 Å². The van der Waals surface area contributed by atoms with E-state index in [0.29, 0.717) is 0 Å². The summed E-state index contributed by atoms with van der Waals surface area (Å²) in [4.78, 5) is 2.35. The fourth-order valence-electron chi connectivity index (χ4n) is 3.29. The van der Waals surface area contributed by atoms with Crippen LogP contribution in [0.25, 0.3) is 0 Å². The van der Waals surface area contributed by atoms with Gasteiger partial charge in [-0.25, -0.2) is 0 Å². The summed E-state index contributed by atoms with van der Waals surface area (Å²) in [5.74, 6) is 1.67. The van der Waals surface area contributed by atoms with Gasteiger partial charge >= 0.3 is 0 Å². The van der Waals surface area contributed by atoms with Crippen LogP contribution in [-0.4, -0.2) is 13.1 Å². The molecule has 0 spiro atoms. The fraction of sp³-hybridized carbons (Fsp3) is 0.500. The first-order valence-corrected chi connectivity index (χ1v) is 6.60. The molecule has 3 heteroatoms. The average Bonchev–Trinajstić information content (AvgIpc) is 2.88. The Morgan fingerprint density at radius 3 is 2.59 bits per heavy atom. The first-order valence-electron chi connectivity index (χ1n) is 6.22. The van der Waals surface area contributed by atoms with Crippen LogP contribution in [0.15, 0.2) is 18.2 Å². The van der Waals surface area contributed by atoms with E-state index in [0.717, 1.165) is 41.2 Å². The van der Waals surface area contributed by atoms with E-state index in [1.54, 1.807) is 6.07 Å². The van der Waals surface area contributed by atoms with Gasteiger partial charge in [-0.3, -0.25) is 0 Å². The molecule has 1 aliphatic carbocycles. The Morgan fingerprint density at radius 1 is 1.24 bits per heavy atom. The molecule has 1 aromatic rings. The number of nitrogens with zero attached hydrogens (tertiary/aromatic N) is 2. The van der Waals surface area contributed by atoms with E-state index in [4.69, 9.17) is 16.9 Å². The lowest BCUT2D eigenvalue weighted by molar-refractivity contribution is 0.494. The Kier molecular flexibility index (Phi) is 2.72. The maximum atomic E-state index is 9.15. The third kappa shape index (κ3) is 1.89. The molecular weight excluding hydrogens is 232 g/mol. The molecule has 1 heterocycles. The summed E-state index contributed by atoms with van der Waals surface area (Å²) in [6.07, 6.45) is 4.08. The highest BCUT2D eigenvalue weighted by molar-refractivity contribution is 6.30. The number of rotatable bonds is 1. The van der Waals surface area contributed by atoms with Gasteiger partial charge in [0.1, 0.15) is 6.07 Å². The summed E-state index contributed by atoms with van der Waals surface area (Å²) in [6, 6.07) is 7.81. The monoisotopic (exact) mass is 246 g/mol. The second kappa shape index (κ2) is 4.23. The molecule has 17 heavy (non-hydrogen) atoms. The van der Waals surface area contributed by atoms with Crippen molar-refractivity contribution in [1.82, 2.24) is 0 Å². The van der Waals surface area contributed by atoms with Crippen molar-refractivity contribution in [3.05, 3.63) is 28.8 Å². The lowest BCUT2D eigenvalue weighted by Crippen LogP contribution is -2.21. The van der Waals surface area contributed by atoms with Gasteiger partial charge in [0, 0.05) is 18.1 Å². The summed E-state index contributed by atoms with van der Waals surface area (Å²) in [5.41, 5.74) is 1.77. The molecule has 3 rings (SSSR count). The van der Waals surface area contributed by atoms with Crippen LogP contribution < -0.4 is 4.90 Å². The van der Waals surface area contributed by atoms with Crippen LogP contribution in [-0.2, 0) is 0 Å². The molecule has 1 aromatic carbocycles. The molecule has 0 amide bonds. The summed E-state index contributed by atoms with van der Waals surface area (Å²) in [5, 5.41) is 9.87. The zero-order chi connectivity index (χ0) is 11.8. The molecule has 0 radical (unpaired) electrons. The molecule has 1 aliphatic heterocycles. The number of hydrogen-bond donors (Lipinski definition) is 0. The Bertz CT molecular complexity index is 466. The molecule has 2 nitrogen and oxygen atoms in total. The minimum atomic E-state index is 0.719. The molecule has 1 saturated heterocycles. The number of nitriles is 1. The van der Waals surface area contributed by atoms with Gasteiger partial charge in [-0.1, -0.05) is 18.0 Å². The topological polar surface area (TPSA) is 27.0 Å². The zero-order valence-corrected chi connectivity index (χ0v) is 10.5. The second-order valence-corrected chi connectivity index (χ2v) is 5.57. The van der Waals surface area contributed by atoms with Crippen molar-refractivity contribution in [3.63, 3.8) is 0 Å². The van der Waals surface area contributed by atoms with Crippen LogP contribution >= 0.6 is 11.6 Å². The first kappa shape index (κ1) is 10.9. The van der Waals surface area contributed by atoms with Gasteiger partial charge in [0.15, 0.2) is 0 Å². The molecular formula is C14H15ClN2. The van der Waals surface area contributed by atoms with E-state index in [-0.39, 0.29) is 0 Å². The SMILES string of the molecule is N#Cc1ccc(Cl)cc1N1CC2CCCC2C1. The highest BCUT2D eigenvalue weighted by Gasteiger charge is 2.36. The van der Waals surface area contributed by atoms with E-state index in [2.05, 4.69) is 11.0 Å². The van der Waals surface area contributed by atoms with Crippen molar-refractivity contribution in [3.8, 4) is 6.07 Å². The summed E-state index contributed by atoms with van der Waals surface area (Å²) in [6.45, 7) is 2.19. The quantitative estimate of drug-likeness (QED) is 0.759.